The Morgan fingerprint density at radius 2 is 1.88 bits per heavy atom. The van der Waals surface area contributed by atoms with Crippen LogP contribution in [0, 0.1) is 13.8 Å². The van der Waals surface area contributed by atoms with Crippen LogP contribution in [0.3, 0.4) is 0 Å². The molecule has 0 spiro atoms. The molecule has 0 aliphatic heterocycles. The molecule has 0 bridgehead atoms. The third kappa shape index (κ3) is 3.61. The number of halogens is 3. The lowest BCUT2D eigenvalue weighted by Gasteiger charge is -2.10. The van der Waals surface area contributed by atoms with Gasteiger partial charge in [0.15, 0.2) is 0 Å². The Bertz CT molecular complexity index is 907. The van der Waals surface area contributed by atoms with E-state index in [1.54, 1.807) is 19.9 Å². The first-order valence-electron chi connectivity index (χ1n) is 7.68. The Hall–Kier alpha value is -3.10. The quantitative estimate of drug-likeness (QED) is 0.764. The van der Waals surface area contributed by atoms with Crippen LogP contribution in [0.5, 0.6) is 0 Å². The number of amides is 1. The number of nitrogens with one attached hydrogen (secondary N) is 1. The van der Waals surface area contributed by atoms with Crippen LogP contribution < -0.4 is 5.32 Å². The monoisotopic (exact) mass is 364 g/mol. The fourth-order valence-electron chi connectivity index (χ4n) is 2.52. The number of rotatable bonds is 4. The molecule has 1 aromatic carbocycles. The summed E-state index contributed by atoms with van der Waals surface area (Å²) in [7, 11) is 0. The molecule has 2 aromatic heterocycles. The van der Waals surface area contributed by atoms with E-state index >= 15 is 0 Å². The highest BCUT2D eigenvalue weighted by Crippen LogP contribution is 2.29. The molecule has 0 aliphatic rings. The first kappa shape index (κ1) is 17.7. The molecule has 0 atom stereocenters. The summed E-state index contributed by atoms with van der Waals surface area (Å²) in [6.45, 7) is 3.50. The van der Waals surface area contributed by atoms with Gasteiger partial charge >= 0.3 is 6.18 Å². The van der Waals surface area contributed by atoms with Crippen molar-refractivity contribution in [1.29, 1.82) is 0 Å². The Kier molecular flexibility index (Phi) is 4.54. The molecule has 3 rings (SSSR count). The Morgan fingerprint density at radius 3 is 2.46 bits per heavy atom. The molecular weight excluding hydrogens is 349 g/mol. The van der Waals surface area contributed by atoms with Crippen LogP contribution in [0.25, 0.3) is 0 Å². The van der Waals surface area contributed by atoms with Gasteiger partial charge in [0.1, 0.15) is 17.1 Å². The highest BCUT2D eigenvalue weighted by atomic mass is 19.4. The Labute approximate surface area is 146 Å². The summed E-state index contributed by atoms with van der Waals surface area (Å²) in [5.74, 6) is 0.416. The predicted molar refractivity (Wildman–Crippen MR) is 86.7 cm³/mol. The van der Waals surface area contributed by atoms with Crippen molar-refractivity contribution in [2.75, 3.05) is 5.32 Å². The van der Waals surface area contributed by atoms with Crippen molar-refractivity contribution in [1.82, 2.24) is 14.9 Å². The number of nitrogens with zero attached hydrogens (tertiary/aromatic N) is 3. The van der Waals surface area contributed by atoms with E-state index in [0.717, 1.165) is 12.1 Å². The molecule has 0 radical (unpaired) electrons. The minimum absolute atomic E-state index is 0.211. The molecule has 26 heavy (non-hydrogen) atoms. The van der Waals surface area contributed by atoms with Crippen molar-refractivity contribution in [3.63, 3.8) is 0 Å². The Balaban J connectivity index is 1.76. The van der Waals surface area contributed by atoms with E-state index in [1.165, 1.54) is 23.0 Å². The zero-order valence-corrected chi connectivity index (χ0v) is 14.0. The number of carbonyl (C=O) groups excluding carboxylic acids is 1. The molecule has 0 saturated heterocycles. The largest absolute Gasteiger partial charge is 0.416 e. The molecule has 0 fully saturated rings. The van der Waals surface area contributed by atoms with Crippen LogP contribution in [0.2, 0.25) is 0 Å². The van der Waals surface area contributed by atoms with E-state index in [2.05, 4.69) is 15.6 Å². The van der Waals surface area contributed by atoms with E-state index in [4.69, 9.17) is 4.52 Å². The maximum absolute atomic E-state index is 12.6. The van der Waals surface area contributed by atoms with Crippen molar-refractivity contribution >= 4 is 11.7 Å². The first-order chi connectivity index (χ1) is 12.3. The number of aryl methyl sites for hydroxylation is 2. The van der Waals surface area contributed by atoms with Gasteiger partial charge in [-0.25, -0.2) is 4.68 Å². The molecule has 0 unspecified atom stereocenters. The van der Waals surface area contributed by atoms with Crippen molar-refractivity contribution in [3.8, 4) is 0 Å². The van der Waals surface area contributed by atoms with Gasteiger partial charge in [-0.2, -0.15) is 18.3 Å². The fraction of sp³-hybridized carbons (Fsp3) is 0.235. The van der Waals surface area contributed by atoms with Crippen LogP contribution in [0.15, 0.2) is 41.1 Å². The van der Waals surface area contributed by atoms with Gasteiger partial charge in [-0.3, -0.25) is 4.79 Å². The van der Waals surface area contributed by atoms with Gasteiger partial charge in [0.2, 0.25) is 0 Å². The van der Waals surface area contributed by atoms with Crippen LogP contribution >= 0.6 is 0 Å². The molecule has 9 heteroatoms. The zero-order chi connectivity index (χ0) is 18.9. The second kappa shape index (κ2) is 6.66. The normalized spacial score (nSPS) is 11.6. The highest BCUT2D eigenvalue weighted by molar-refractivity contribution is 6.05. The van der Waals surface area contributed by atoms with Gasteiger partial charge in [-0.1, -0.05) is 17.3 Å². The molecule has 2 heterocycles. The highest BCUT2D eigenvalue weighted by Gasteiger charge is 2.30. The summed E-state index contributed by atoms with van der Waals surface area (Å²) >= 11 is 0. The topological polar surface area (TPSA) is 73.0 Å². The minimum Gasteiger partial charge on any atom is -0.361 e. The average molecular weight is 364 g/mol. The van der Waals surface area contributed by atoms with Crippen LogP contribution in [0.4, 0.5) is 19.0 Å². The van der Waals surface area contributed by atoms with E-state index in [1.807, 2.05) is 0 Å². The Morgan fingerprint density at radius 1 is 1.19 bits per heavy atom. The van der Waals surface area contributed by atoms with Crippen molar-refractivity contribution in [2.45, 2.75) is 26.6 Å². The zero-order valence-electron chi connectivity index (χ0n) is 14.0. The number of alkyl halides is 3. The summed E-state index contributed by atoms with van der Waals surface area (Å²) in [5, 5.41) is 10.5. The van der Waals surface area contributed by atoms with Gasteiger partial charge < -0.3 is 9.84 Å². The lowest BCUT2D eigenvalue weighted by atomic mass is 10.1. The van der Waals surface area contributed by atoms with Crippen LogP contribution in [0.1, 0.15) is 32.9 Å². The maximum Gasteiger partial charge on any atom is 0.416 e. The summed E-state index contributed by atoms with van der Waals surface area (Å²) in [6.07, 6.45) is -2.88. The molecule has 0 aliphatic carbocycles. The third-order valence-electron chi connectivity index (χ3n) is 3.83. The number of hydrogen-bond donors (Lipinski definition) is 1. The second-order valence-corrected chi connectivity index (χ2v) is 5.72. The maximum atomic E-state index is 12.6. The van der Waals surface area contributed by atoms with Gasteiger partial charge in [0, 0.05) is 6.07 Å². The number of aromatic nitrogens is 3. The lowest BCUT2D eigenvalue weighted by molar-refractivity contribution is -0.137. The molecule has 3 aromatic rings. The molecule has 0 saturated carbocycles. The molecule has 6 nitrogen and oxygen atoms in total. The minimum atomic E-state index is -4.38. The van der Waals surface area contributed by atoms with E-state index in [0.29, 0.717) is 28.4 Å². The van der Waals surface area contributed by atoms with Gasteiger partial charge in [-0.15, -0.1) is 0 Å². The molecule has 1 amide bonds. The summed E-state index contributed by atoms with van der Waals surface area (Å²) in [6, 6.07) is 6.39. The van der Waals surface area contributed by atoms with Crippen molar-refractivity contribution in [3.05, 3.63) is 64.7 Å². The van der Waals surface area contributed by atoms with E-state index in [-0.39, 0.29) is 6.54 Å². The van der Waals surface area contributed by atoms with Gasteiger partial charge in [0.05, 0.1) is 24.0 Å². The van der Waals surface area contributed by atoms with E-state index in [9.17, 15) is 18.0 Å². The van der Waals surface area contributed by atoms with Crippen molar-refractivity contribution in [2.24, 2.45) is 0 Å². The van der Waals surface area contributed by atoms with Crippen LogP contribution in [-0.2, 0) is 12.7 Å². The molecular formula is C17H15F3N4O2. The number of anilines is 1. The summed E-state index contributed by atoms with van der Waals surface area (Å²) < 4.78 is 44.3. The molecule has 136 valence electrons. The van der Waals surface area contributed by atoms with Gasteiger partial charge in [-0.05, 0) is 31.5 Å². The SMILES string of the molecule is Cc1noc(C)c1C(=O)Nc1ccnn1Cc1ccc(C(F)(F)F)cc1. The van der Waals surface area contributed by atoms with Crippen molar-refractivity contribution < 1.29 is 22.5 Å². The summed E-state index contributed by atoms with van der Waals surface area (Å²) in [4.78, 5) is 12.4. The number of benzene rings is 1. The van der Waals surface area contributed by atoms with Crippen LogP contribution in [-0.4, -0.2) is 20.8 Å². The molecule has 1 N–H and O–H groups in total. The second-order valence-electron chi connectivity index (χ2n) is 5.72. The van der Waals surface area contributed by atoms with Gasteiger partial charge in [0.25, 0.3) is 5.91 Å². The fourth-order valence-corrected chi connectivity index (χ4v) is 2.52. The average Bonchev–Trinajstić information content (AvgIpc) is 3.13. The number of carbonyl (C=O) groups is 1. The number of hydrogen-bond acceptors (Lipinski definition) is 4. The predicted octanol–water partition coefficient (Wildman–Crippen LogP) is 3.81. The smallest absolute Gasteiger partial charge is 0.361 e. The standard InChI is InChI=1S/C17H15F3N4O2/c1-10-15(11(2)26-23-10)16(25)22-14-7-8-21-24(14)9-12-3-5-13(6-4-12)17(18,19)20/h3-8H,9H2,1-2H3,(H,22,25). The first-order valence-corrected chi connectivity index (χ1v) is 7.68. The third-order valence-corrected chi connectivity index (χ3v) is 3.83. The lowest BCUT2D eigenvalue weighted by Crippen LogP contribution is -2.17. The summed E-state index contributed by atoms with van der Waals surface area (Å²) in [5.41, 5.74) is 0.712. The van der Waals surface area contributed by atoms with E-state index < -0.39 is 17.6 Å².